The Balaban J connectivity index is 2.34. The molecule has 0 saturated carbocycles. The molecule has 0 aromatic heterocycles. The van der Waals surface area contributed by atoms with Gasteiger partial charge in [-0.25, -0.2) is 10.3 Å². The number of amides is 2. The van der Waals surface area contributed by atoms with E-state index in [0.717, 1.165) is 11.6 Å². The Bertz CT molecular complexity index is 910. The van der Waals surface area contributed by atoms with Crippen LogP contribution in [0.3, 0.4) is 0 Å². The van der Waals surface area contributed by atoms with Crippen LogP contribution in [0.4, 0.5) is 10.5 Å². The number of hydroxylamine groups is 1. The lowest BCUT2D eigenvalue weighted by atomic mass is 9.81. The maximum Gasteiger partial charge on any atom is 0.412 e. The monoisotopic (exact) mass is 462 g/mol. The van der Waals surface area contributed by atoms with Gasteiger partial charge in [0.1, 0.15) is 11.9 Å². The number of aromatic hydroxyl groups is 1. The molecular formula is C21H23BrN2O5. The molecule has 7 nitrogen and oxygen atoms in total. The van der Waals surface area contributed by atoms with Gasteiger partial charge in [-0.1, -0.05) is 53.5 Å². The highest BCUT2D eigenvalue weighted by Gasteiger charge is 2.34. The Labute approximate surface area is 177 Å². The third kappa shape index (κ3) is 6.33. The van der Waals surface area contributed by atoms with E-state index in [1.165, 1.54) is 17.6 Å². The lowest BCUT2D eigenvalue weighted by molar-refractivity contribution is -0.124. The van der Waals surface area contributed by atoms with Crippen molar-refractivity contribution >= 4 is 33.6 Å². The molecule has 0 saturated heterocycles. The molecule has 0 bridgehead atoms. The number of carbonyl (C=O) groups is 2. The van der Waals surface area contributed by atoms with Crippen LogP contribution in [0.1, 0.15) is 31.1 Å². The van der Waals surface area contributed by atoms with Gasteiger partial charge in [0.05, 0.1) is 0 Å². The molecule has 4 N–H and O–H groups in total. The molecular weight excluding hydrogens is 440 g/mol. The van der Waals surface area contributed by atoms with E-state index in [4.69, 9.17) is 9.94 Å². The first-order chi connectivity index (χ1) is 13.6. The number of halogens is 1. The smallest absolute Gasteiger partial charge is 0.412 e. The van der Waals surface area contributed by atoms with Gasteiger partial charge in [-0.15, -0.1) is 0 Å². The molecule has 2 rings (SSSR count). The molecule has 2 aromatic carbocycles. The Morgan fingerprint density at radius 3 is 2.45 bits per heavy atom. The van der Waals surface area contributed by atoms with Crippen molar-refractivity contribution in [1.29, 1.82) is 0 Å². The highest BCUT2D eigenvalue weighted by molar-refractivity contribution is 9.10. The zero-order chi connectivity index (χ0) is 21.6. The fourth-order valence-electron chi connectivity index (χ4n) is 2.66. The van der Waals surface area contributed by atoms with E-state index in [0.29, 0.717) is 15.7 Å². The molecule has 0 spiro atoms. The quantitative estimate of drug-likeness (QED) is 0.279. The number of nitrogens with one attached hydrogen (secondary N) is 2. The van der Waals surface area contributed by atoms with Gasteiger partial charge in [0.25, 0.3) is 5.91 Å². The molecule has 29 heavy (non-hydrogen) atoms. The van der Waals surface area contributed by atoms with Gasteiger partial charge in [0.15, 0.2) is 0 Å². The summed E-state index contributed by atoms with van der Waals surface area (Å²) in [5.74, 6) is -0.784. The average Bonchev–Trinajstić information content (AvgIpc) is 2.68. The molecule has 0 heterocycles. The van der Waals surface area contributed by atoms with E-state index >= 15 is 0 Å². The zero-order valence-electron chi connectivity index (χ0n) is 16.3. The van der Waals surface area contributed by atoms with Crippen molar-refractivity contribution in [2.45, 2.75) is 26.9 Å². The van der Waals surface area contributed by atoms with Crippen LogP contribution in [0, 0.1) is 12.3 Å². The van der Waals surface area contributed by atoms with E-state index in [-0.39, 0.29) is 5.75 Å². The summed E-state index contributed by atoms with van der Waals surface area (Å²) < 4.78 is 6.35. The minimum Gasteiger partial charge on any atom is -0.508 e. The largest absolute Gasteiger partial charge is 0.508 e. The van der Waals surface area contributed by atoms with Crippen molar-refractivity contribution in [3.63, 3.8) is 0 Å². The van der Waals surface area contributed by atoms with Crippen LogP contribution in [-0.4, -0.2) is 22.3 Å². The first-order valence-electron chi connectivity index (χ1n) is 8.78. The molecule has 0 aliphatic heterocycles. The fourth-order valence-corrected chi connectivity index (χ4v) is 3.04. The molecule has 154 valence electrons. The molecule has 2 aromatic rings. The van der Waals surface area contributed by atoms with E-state index < -0.39 is 23.5 Å². The molecule has 8 heteroatoms. The van der Waals surface area contributed by atoms with E-state index in [2.05, 4.69) is 21.2 Å². The van der Waals surface area contributed by atoms with Crippen LogP contribution < -0.4 is 10.8 Å². The van der Waals surface area contributed by atoms with Gasteiger partial charge in [-0.2, -0.15) is 0 Å². The fraction of sp³-hybridized carbons (Fsp3) is 0.238. The summed E-state index contributed by atoms with van der Waals surface area (Å²) in [5.41, 5.74) is 2.57. The lowest BCUT2D eigenvalue weighted by Crippen LogP contribution is -2.28. The number of phenolic OH excluding ortho intramolecular Hbond substituents is 1. The first-order valence-corrected chi connectivity index (χ1v) is 9.57. The SMILES string of the molecule is Cc1ccc(NC(=O)O[C@H](c2cc(Br)ccc2O)C(C)(C)/C=C/C(=O)NO)cc1. The number of aryl methyl sites for hydroxylation is 1. The van der Waals surface area contributed by atoms with Crippen molar-refractivity contribution in [3.05, 3.63) is 70.2 Å². The molecule has 0 radical (unpaired) electrons. The predicted octanol–water partition coefficient (Wildman–Crippen LogP) is 4.84. The van der Waals surface area contributed by atoms with Crippen molar-refractivity contribution in [3.8, 4) is 5.75 Å². The summed E-state index contributed by atoms with van der Waals surface area (Å²) in [6.07, 6.45) is 0.964. The van der Waals surface area contributed by atoms with Gasteiger partial charge in [-0.05, 0) is 37.3 Å². The third-order valence-electron chi connectivity index (χ3n) is 4.25. The Morgan fingerprint density at radius 2 is 1.83 bits per heavy atom. The van der Waals surface area contributed by atoms with Crippen LogP contribution in [0.2, 0.25) is 0 Å². The van der Waals surface area contributed by atoms with Crippen LogP contribution in [0.25, 0.3) is 0 Å². The first kappa shape index (κ1) is 22.4. The number of hydrogen-bond acceptors (Lipinski definition) is 5. The number of anilines is 1. The molecule has 2 amide bonds. The van der Waals surface area contributed by atoms with Crippen molar-refractivity contribution < 1.29 is 24.6 Å². The summed E-state index contributed by atoms with van der Waals surface area (Å²) >= 11 is 3.35. The van der Waals surface area contributed by atoms with Crippen molar-refractivity contribution in [1.82, 2.24) is 5.48 Å². The second-order valence-electron chi connectivity index (χ2n) is 7.11. The van der Waals surface area contributed by atoms with Gasteiger partial charge < -0.3 is 9.84 Å². The van der Waals surface area contributed by atoms with E-state index in [1.807, 2.05) is 19.1 Å². The van der Waals surface area contributed by atoms with Gasteiger partial charge in [0, 0.05) is 27.2 Å². The number of rotatable bonds is 6. The topological polar surface area (TPSA) is 108 Å². The third-order valence-corrected chi connectivity index (χ3v) is 4.74. The molecule has 0 fully saturated rings. The lowest BCUT2D eigenvalue weighted by Gasteiger charge is -2.32. The Hall–Kier alpha value is -2.84. The highest BCUT2D eigenvalue weighted by atomic mass is 79.9. The summed E-state index contributed by atoms with van der Waals surface area (Å²) in [5, 5.41) is 21.7. The molecule has 1 atom stereocenters. The number of benzene rings is 2. The maximum atomic E-state index is 12.5. The van der Waals surface area contributed by atoms with Gasteiger partial charge >= 0.3 is 6.09 Å². The second-order valence-corrected chi connectivity index (χ2v) is 8.03. The number of hydrogen-bond donors (Lipinski definition) is 4. The summed E-state index contributed by atoms with van der Waals surface area (Å²) in [6, 6.07) is 12.0. The number of ether oxygens (including phenoxy) is 1. The molecule has 0 aliphatic carbocycles. The molecule has 0 unspecified atom stereocenters. The van der Waals surface area contributed by atoms with Crippen LogP contribution in [0.15, 0.2) is 59.1 Å². The standard InChI is InChI=1S/C21H23BrN2O5/c1-13-4-7-15(8-5-13)23-20(27)29-19(16-12-14(22)6-9-17(16)25)21(2,3)11-10-18(26)24-28/h4-12,19,25,28H,1-3H3,(H,23,27)(H,24,26)/b11-10+/t19-/m1/s1. The van der Waals surface area contributed by atoms with Crippen molar-refractivity contribution in [2.24, 2.45) is 5.41 Å². The van der Waals surface area contributed by atoms with Crippen LogP contribution in [-0.2, 0) is 9.53 Å². The van der Waals surface area contributed by atoms with E-state index in [1.54, 1.807) is 38.1 Å². The van der Waals surface area contributed by atoms with Gasteiger partial charge in [-0.3, -0.25) is 15.3 Å². The zero-order valence-corrected chi connectivity index (χ0v) is 17.9. The Morgan fingerprint density at radius 1 is 1.17 bits per heavy atom. The summed E-state index contributed by atoms with van der Waals surface area (Å²) in [4.78, 5) is 24.0. The normalized spacial score (nSPS) is 12.4. The van der Waals surface area contributed by atoms with E-state index in [9.17, 15) is 14.7 Å². The minimum absolute atomic E-state index is 0.0607. The average molecular weight is 463 g/mol. The van der Waals surface area contributed by atoms with Gasteiger partial charge in [0.2, 0.25) is 0 Å². The Kier molecular flexibility index (Phi) is 7.41. The number of phenols is 1. The maximum absolute atomic E-state index is 12.5. The van der Waals surface area contributed by atoms with Crippen molar-refractivity contribution in [2.75, 3.05) is 5.32 Å². The summed E-state index contributed by atoms with van der Waals surface area (Å²) in [6.45, 7) is 5.40. The summed E-state index contributed by atoms with van der Waals surface area (Å²) in [7, 11) is 0. The predicted molar refractivity (Wildman–Crippen MR) is 113 cm³/mol. The minimum atomic E-state index is -0.937. The van der Waals surface area contributed by atoms with Crippen LogP contribution >= 0.6 is 15.9 Å². The van der Waals surface area contributed by atoms with Crippen LogP contribution in [0.5, 0.6) is 5.75 Å². The highest BCUT2D eigenvalue weighted by Crippen LogP contribution is 2.42. The second kappa shape index (κ2) is 9.58. The number of carbonyl (C=O) groups excluding carboxylic acids is 2. The molecule has 0 aliphatic rings.